The van der Waals surface area contributed by atoms with Crippen molar-refractivity contribution in [1.29, 1.82) is 0 Å². The van der Waals surface area contributed by atoms with Crippen LogP contribution in [0.2, 0.25) is 0 Å². The van der Waals surface area contributed by atoms with Gasteiger partial charge in [0.15, 0.2) is 11.7 Å². The molecule has 0 saturated heterocycles. The van der Waals surface area contributed by atoms with E-state index in [-0.39, 0.29) is 6.42 Å². The smallest absolute Gasteiger partial charge is 0.303 e. The second-order valence-corrected chi connectivity index (χ2v) is 4.54. The van der Waals surface area contributed by atoms with Crippen LogP contribution in [0.3, 0.4) is 0 Å². The number of aromatic nitrogens is 1. The van der Waals surface area contributed by atoms with E-state index < -0.39 is 5.97 Å². The lowest BCUT2D eigenvalue weighted by molar-refractivity contribution is -0.137. The standard InChI is InChI=1S/C16H13NO3/c18-16(19)9-8-15-17-10-14(20-15)13-7-3-5-11-4-1-2-6-12(11)13/h1-7,10H,8-9H2,(H,18,19). The SMILES string of the molecule is O=C(O)CCc1ncc(-c2cccc3ccccc23)o1. The number of hydrogen-bond donors (Lipinski definition) is 1. The molecule has 2 aromatic carbocycles. The Morgan fingerprint density at radius 1 is 1.15 bits per heavy atom. The molecule has 20 heavy (non-hydrogen) atoms. The fraction of sp³-hybridized carbons (Fsp3) is 0.125. The molecule has 1 aromatic heterocycles. The Morgan fingerprint density at radius 2 is 1.95 bits per heavy atom. The molecular weight excluding hydrogens is 254 g/mol. The zero-order chi connectivity index (χ0) is 13.9. The summed E-state index contributed by atoms with van der Waals surface area (Å²) in [6.45, 7) is 0. The molecule has 0 aliphatic carbocycles. The first kappa shape index (κ1) is 12.4. The van der Waals surface area contributed by atoms with Crippen LogP contribution in [0.15, 0.2) is 53.1 Å². The first-order chi connectivity index (χ1) is 9.74. The van der Waals surface area contributed by atoms with E-state index in [1.54, 1.807) is 6.20 Å². The lowest BCUT2D eigenvalue weighted by atomic mass is 10.0. The van der Waals surface area contributed by atoms with Crippen molar-refractivity contribution in [2.24, 2.45) is 0 Å². The topological polar surface area (TPSA) is 63.3 Å². The third-order valence-corrected chi connectivity index (χ3v) is 3.16. The van der Waals surface area contributed by atoms with E-state index in [9.17, 15) is 4.79 Å². The molecule has 0 aliphatic rings. The predicted octanol–water partition coefficient (Wildman–Crippen LogP) is 3.51. The maximum Gasteiger partial charge on any atom is 0.303 e. The number of oxazole rings is 1. The summed E-state index contributed by atoms with van der Waals surface area (Å²) < 4.78 is 5.65. The van der Waals surface area contributed by atoms with Gasteiger partial charge in [0.25, 0.3) is 0 Å². The fourth-order valence-electron chi connectivity index (χ4n) is 2.20. The van der Waals surface area contributed by atoms with Gasteiger partial charge >= 0.3 is 5.97 Å². The summed E-state index contributed by atoms with van der Waals surface area (Å²) in [7, 11) is 0. The lowest BCUT2D eigenvalue weighted by Gasteiger charge is -2.02. The molecule has 3 aromatic rings. The summed E-state index contributed by atoms with van der Waals surface area (Å²) in [5, 5.41) is 10.9. The van der Waals surface area contributed by atoms with Gasteiger partial charge in [0.2, 0.25) is 0 Å². The lowest BCUT2D eigenvalue weighted by Crippen LogP contribution is -1.97. The molecule has 3 rings (SSSR count). The maximum absolute atomic E-state index is 10.6. The molecule has 4 heteroatoms. The normalized spacial score (nSPS) is 10.8. The summed E-state index contributed by atoms with van der Waals surface area (Å²) in [5.74, 6) is 0.271. The molecule has 0 amide bonds. The Morgan fingerprint density at radius 3 is 2.80 bits per heavy atom. The quantitative estimate of drug-likeness (QED) is 0.785. The van der Waals surface area contributed by atoms with Crippen molar-refractivity contribution in [3.05, 3.63) is 54.6 Å². The van der Waals surface area contributed by atoms with Gasteiger partial charge < -0.3 is 9.52 Å². The van der Waals surface area contributed by atoms with E-state index in [4.69, 9.17) is 9.52 Å². The summed E-state index contributed by atoms with van der Waals surface area (Å²) in [6, 6.07) is 14.0. The van der Waals surface area contributed by atoms with Crippen LogP contribution < -0.4 is 0 Å². The first-order valence-electron chi connectivity index (χ1n) is 6.38. The van der Waals surface area contributed by atoms with Gasteiger partial charge in [-0.05, 0) is 10.8 Å². The highest BCUT2D eigenvalue weighted by atomic mass is 16.4. The number of fused-ring (bicyclic) bond motifs is 1. The van der Waals surface area contributed by atoms with Gasteiger partial charge in [0.05, 0.1) is 12.6 Å². The zero-order valence-corrected chi connectivity index (χ0v) is 10.7. The number of nitrogens with zero attached hydrogens (tertiary/aromatic N) is 1. The molecule has 0 atom stereocenters. The molecule has 0 aliphatic heterocycles. The van der Waals surface area contributed by atoms with Crippen molar-refractivity contribution in [2.75, 3.05) is 0 Å². The molecule has 4 nitrogen and oxygen atoms in total. The predicted molar refractivity (Wildman–Crippen MR) is 75.4 cm³/mol. The van der Waals surface area contributed by atoms with Gasteiger partial charge in [-0.1, -0.05) is 42.5 Å². The van der Waals surface area contributed by atoms with Crippen molar-refractivity contribution in [1.82, 2.24) is 4.98 Å². The van der Waals surface area contributed by atoms with E-state index >= 15 is 0 Å². The number of rotatable bonds is 4. The van der Waals surface area contributed by atoms with Crippen LogP contribution in [0.5, 0.6) is 0 Å². The molecular formula is C16H13NO3. The number of benzene rings is 2. The van der Waals surface area contributed by atoms with Crippen molar-refractivity contribution in [2.45, 2.75) is 12.8 Å². The Bertz CT molecular complexity index is 756. The Hall–Kier alpha value is -2.62. The number of carbonyl (C=O) groups is 1. The second-order valence-electron chi connectivity index (χ2n) is 4.54. The molecule has 1 N–H and O–H groups in total. The summed E-state index contributed by atoms with van der Waals surface area (Å²) >= 11 is 0. The molecule has 0 spiro atoms. The van der Waals surface area contributed by atoms with Gasteiger partial charge in [-0.3, -0.25) is 4.79 Å². The van der Waals surface area contributed by atoms with Crippen LogP contribution in [0, 0.1) is 0 Å². The number of carboxylic acids is 1. The average Bonchev–Trinajstić information content (AvgIpc) is 2.93. The third-order valence-electron chi connectivity index (χ3n) is 3.16. The first-order valence-corrected chi connectivity index (χ1v) is 6.38. The van der Waals surface area contributed by atoms with Crippen LogP contribution in [0.25, 0.3) is 22.1 Å². The van der Waals surface area contributed by atoms with Gasteiger partial charge in [-0.25, -0.2) is 4.98 Å². The molecule has 0 unspecified atom stereocenters. The average molecular weight is 267 g/mol. The number of aliphatic carboxylic acids is 1. The minimum Gasteiger partial charge on any atom is -0.481 e. The van der Waals surface area contributed by atoms with Crippen LogP contribution in [0.4, 0.5) is 0 Å². The number of hydrogen-bond acceptors (Lipinski definition) is 3. The van der Waals surface area contributed by atoms with Crippen LogP contribution in [-0.4, -0.2) is 16.1 Å². The Balaban J connectivity index is 1.97. The molecule has 0 fully saturated rings. The van der Waals surface area contributed by atoms with Crippen LogP contribution in [0.1, 0.15) is 12.3 Å². The largest absolute Gasteiger partial charge is 0.481 e. The van der Waals surface area contributed by atoms with Gasteiger partial charge in [-0.15, -0.1) is 0 Å². The van der Waals surface area contributed by atoms with E-state index in [1.165, 1.54) is 0 Å². The van der Waals surface area contributed by atoms with Crippen molar-refractivity contribution in [3.63, 3.8) is 0 Å². The van der Waals surface area contributed by atoms with Gasteiger partial charge in [-0.2, -0.15) is 0 Å². The minimum atomic E-state index is -0.852. The second kappa shape index (κ2) is 5.17. The van der Waals surface area contributed by atoms with E-state index in [1.807, 2.05) is 42.5 Å². The maximum atomic E-state index is 10.6. The monoisotopic (exact) mass is 267 g/mol. The molecule has 0 bridgehead atoms. The van der Waals surface area contributed by atoms with Gasteiger partial charge in [0, 0.05) is 12.0 Å². The molecule has 100 valence electrons. The summed E-state index contributed by atoms with van der Waals surface area (Å²) in [6.07, 6.45) is 1.98. The Kier molecular flexibility index (Phi) is 3.21. The van der Waals surface area contributed by atoms with Crippen molar-refractivity contribution < 1.29 is 14.3 Å². The summed E-state index contributed by atoms with van der Waals surface area (Å²) in [4.78, 5) is 14.7. The number of aryl methyl sites for hydroxylation is 1. The molecule has 0 radical (unpaired) electrons. The van der Waals surface area contributed by atoms with Crippen molar-refractivity contribution >= 4 is 16.7 Å². The highest BCUT2D eigenvalue weighted by Gasteiger charge is 2.10. The minimum absolute atomic E-state index is 0.0233. The zero-order valence-electron chi connectivity index (χ0n) is 10.7. The highest BCUT2D eigenvalue weighted by Crippen LogP contribution is 2.29. The Labute approximate surface area is 115 Å². The molecule has 1 heterocycles. The number of carboxylic acid groups (broad SMARTS) is 1. The van der Waals surface area contributed by atoms with Crippen LogP contribution >= 0.6 is 0 Å². The summed E-state index contributed by atoms with van der Waals surface area (Å²) in [5.41, 5.74) is 0.970. The molecule has 0 saturated carbocycles. The third kappa shape index (κ3) is 2.40. The highest BCUT2D eigenvalue weighted by molar-refractivity contribution is 5.95. The fourth-order valence-corrected chi connectivity index (χ4v) is 2.20. The van der Waals surface area contributed by atoms with E-state index in [0.29, 0.717) is 18.1 Å². The van der Waals surface area contributed by atoms with Gasteiger partial charge in [0.1, 0.15) is 0 Å². The van der Waals surface area contributed by atoms with Crippen LogP contribution in [-0.2, 0) is 11.2 Å². The van der Waals surface area contributed by atoms with E-state index in [2.05, 4.69) is 4.98 Å². The van der Waals surface area contributed by atoms with Crippen molar-refractivity contribution in [3.8, 4) is 11.3 Å². The van der Waals surface area contributed by atoms with E-state index in [0.717, 1.165) is 16.3 Å².